The van der Waals surface area contributed by atoms with Gasteiger partial charge >= 0.3 is 0 Å². The lowest BCUT2D eigenvalue weighted by Crippen LogP contribution is -2.25. The van der Waals surface area contributed by atoms with Crippen molar-refractivity contribution in [3.05, 3.63) is 77.9 Å². The molecule has 4 rings (SSSR count). The van der Waals surface area contributed by atoms with Gasteiger partial charge in [0.2, 0.25) is 5.89 Å². The topological polar surface area (TPSA) is 29.3 Å². The summed E-state index contributed by atoms with van der Waals surface area (Å²) in [4.78, 5) is 7.01. The quantitative estimate of drug-likeness (QED) is 0.662. The van der Waals surface area contributed by atoms with Crippen LogP contribution >= 0.6 is 0 Å². The van der Waals surface area contributed by atoms with Crippen LogP contribution in [0.1, 0.15) is 24.1 Å². The van der Waals surface area contributed by atoms with Gasteiger partial charge in [0.15, 0.2) is 0 Å². The molecule has 1 aliphatic rings. The number of hydrogen-bond acceptors (Lipinski definition) is 3. The van der Waals surface area contributed by atoms with E-state index in [4.69, 9.17) is 4.42 Å². The van der Waals surface area contributed by atoms with Crippen molar-refractivity contribution in [2.24, 2.45) is 0 Å². The smallest absolute Gasteiger partial charge is 0.226 e. The Balaban J connectivity index is 1.47. The molecule has 0 N–H and O–H groups in total. The largest absolute Gasteiger partial charge is 0.444 e. The van der Waals surface area contributed by atoms with Crippen LogP contribution in [0.15, 0.2) is 65.3 Å². The molecule has 3 aromatic rings. The van der Waals surface area contributed by atoms with Gasteiger partial charge < -0.3 is 4.42 Å². The number of oxazole rings is 1. The van der Waals surface area contributed by atoms with Gasteiger partial charge in [-0.25, -0.2) is 9.37 Å². The molecule has 24 heavy (non-hydrogen) atoms. The highest BCUT2D eigenvalue weighted by molar-refractivity contribution is 5.52. The summed E-state index contributed by atoms with van der Waals surface area (Å²) in [7, 11) is 0. The van der Waals surface area contributed by atoms with Crippen molar-refractivity contribution in [3.8, 4) is 11.5 Å². The van der Waals surface area contributed by atoms with Gasteiger partial charge in [0.05, 0.1) is 5.69 Å². The second-order valence-electron chi connectivity index (χ2n) is 6.27. The van der Waals surface area contributed by atoms with Gasteiger partial charge in [0, 0.05) is 24.7 Å². The summed E-state index contributed by atoms with van der Waals surface area (Å²) in [6.45, 7) is 1.55. The number of nitrogens with zero attached hydrogens (tertiary/aromatic N) is 2. The Morgan fingerprint density at radius 1 is 1.00 bits per heavy atom. The van der Waals surface area contributed by atoms with Gasteiger partial charge in [-0.3, -0.25) is 4.90 Å². The maximum Gasteiger partial charge on any atom is 0.226 e. The molecule has 1 fully saturated rings. The van der Waals surface area contributed by atoms with E-state index in [2.05, 4.69) is 9.88 Å². The first-order valence-corrected chi connectivity index (χ1v) is 8.26. The Morgan fingerprint density at radius 2 is 1.75 bits per heavy atom. The van der Waals surface area contributed by atoms with Crippen molar-refractivity contribution in [1.82, 2.24) is 9.88 Å². The highest BCUT2D eigenvalue weighted by Crippen LogP contribution is 2.30. The maximum atomic E-state index is 13.1. The molecular weight excluding hydrogens is 303 g/mol. The van der Waals surface area contributed by atoms with Crippen LogP contribution in [0.3, 0.4) is 0 Å². The van der Waals surface area contributed by atoms with Crippen LogP contribution in [0.2, 0.25) is 0 Å². The minimum atomic E-state index is -0.194. The first-order valence-electron chi connectivity index (χ1n) is 8.26. The molecule has 0 unspecified atom stereocenters. The Kier molecular flexibility index (Phi) is 4.13. The Labute approximate surface area is 140 Å². The van der Waals surface area contributed by atoms with E-state index in [1.54, 1.807) is 6.26 Å². The van der Waals surface area contributed by atoms with Crippen molar-refractivity contribution in [3.63, 3.8) is 0 Å². The van der Waals surface area contributed by atoms with Gasteiger partial charge in [-0.1, -0.05) is 30.3 Å². The second kappa shape index (κ2) is 6.57. The number of hydrogen-bond donors (Lipinski definition) is 0. The molecular formula is C20H19FN2O. The normalized spacial score (nSPS) is 14.2. The van der Waals surface area contributed by atoms with E-state index >= 15 is 0 Å². The zero-order valence-corrected chi connectivity index (χ0v) is 13.4. The first kappa shape index (κ1) is 15.1. The van der Waals surface area contributed by atoms with Gasteiger partial charge in [-0.05, 0) is 42.7 Å². The lowest BCUT2D eigenvalue weighted by molar-refractivity contribution is 0.242. The van der Waals surface area contributed by atoms with E-state index in [0.29, 0.717) is 11.9 Å². The van der Waals surface area contributed by atoms with Crippen molar-refractivity contribution in [2.45, 2.75) is 32.0 Å². The van der Waals surface area contributed by atoms with Gasteiger partial charge in [0.25, 0.3) is 0 Å². The molecule has 1 saturated carbocycles. The van der Waals surface area contributed by atoms with Gasteiger partial charge in [-0.2, -0.15) is 0 Å². The number of rotatable bonds is 6. The third-order valence-electron chi connectivity index (χ3n) is 4.30. The Bertz CT molecular complexity index is 794. The van der Waals surface area contributed by atoms with E-state index < -0.39 is 0 Å². The molecule has 0 saturated heterocycles. The van der Waals surface area contributed by atoms with Crippen LogP contribution in [0, 0.1) is 5.82 Å². The summed E-state index contributed by atoms with van der Waals surface area (Å²) in [6.07, 6.45) is 4.16. The summed E-state index contributed by atoms with van der Waals surface area (Å²) in [5.74, 6) is 0.462. The van der Waals surface area contributed by atoms with Gasteiger partial charge in [0.1, 0.15) is 12.1 Å². The molecule has 122 valence electrons. The monoisotopic (exact) mass is 322 g/mol. The lowest BCUT2D eigenvalue weighted by atomic mass is 10.2. The molecule has 0 radical (unpaired) electrons. The molecule has 0 spiro atoms. The standard InChI is InChI=1S/C20H19FN2O/c21-17-8-6-15(7-9-17)12-23(19-10-11-19)13-18-14-24-20(22-18)16-4-2-1-3-5-16/h1-9,14,19H,10-13H2. The third-order valence-corrected chi connectivity index (χ3v) is 4.30. The fraction of sp³-hybridized carbons (Fsp3) is 0.250. The summed E-state index contributed by atoms with van der Waals surface area (Å²) >= 11 is 0. The minimum Gasteiger partial charge on any atom is -0.444 e. The van der Waals surface area contributed by atoms with Gasteiger partial charge in [-0.15, -0.1) is 0 Å². The maximum absolute atomic E-state index is 13.1. The zero-order valence-electron chi connectivity index (χ0n) is 13.4. The van der Waals surface area contributed by atoms with Crippen LogP contribution < -0.4 is 0 Å². The van der Waals surface area contributed by atoms with E-state index in [9.17, 15) is 4.39 Å². The molecule has 3 nitrogen and oxygen atoms in total. The summed E-state index contributed by atoms with van der Waals surface area (Å²) in [6, 6.07) is 17.2. The van der Waals surface area contributed by atoms with Crippen molar-refractivity contribution < 1.29 is 8.81 Å². The van der Waals surface area contributed by atoms with Crippen LogP contribution in [0.25, 0.3) is 11.5 Å². The van der Waals surface area contributed by atoms with E-state index in [1.165, 1.54) is 25.0 Å². The molecule has 1 aliphatic carbocycles. The number of benzene rings is 2. The molecule has 0 bridgehead atoms. The van der Waals surface area contributed by atoms with Crippen molar-refractivity contribution in [1.29, 1.82) is 0 Å². The Morgan fingerprint density at radius 3 is 2.46 bits per heavy atom. The van der Waals surface area contributed by atoms with Crippen LogP contribution in [-0.2, 0) is 13.1 Å². The third kappa shape index (κ3) is 3.54. The molecule has 2 aromatic carbocycles. The number of halogens is 1. The van der Waals surface area contributed by atoms with E-state index in [-0.39, 0.29) is 5.82 Å². The van der Waals surface area contributed by atoms with E-state index in [0.717, 1.165) is 29.9 Å². The summed E-state index contributed by atoms with van der Waals surface area (Å²) in [5, 5.41) is 0. The first-order chi connectivity index (χ1) is 11.8. The highest BCUT2D eigenvalue weighted by Gasteiger charge is 2.29. The summed E-state index contributed by atoms with van der Waals surface area (Å²) < 4.78 is 18.7. The second-order valence-corrected chi connectivity index (χ2v) is 6.27. The predicted molar refractivity (Wildman–Crippen MR) is 90.6 cm³/mol. The average Bonchev–Trinajstić information content (AvgIpc) is 3.36. The van der Waals surface area contributed by atoms with Crippen molar-refractivity contribution >= 4 is 0 Å². The zero-order chi connectivity index (χ0) is 16.4. The Hall–Kier alpha value is -2.46. The molecule has 0 atom stereocenters. The van der Waals surface area contributed by atoms with Crippen LogP contribution in [0.4, 0.5) is 4.39 Å². The average molecular weight is 322 g/mol. The fourth-order valence-electron chi connectivity index (χ4n) is 2.88. The fourth-order valence-corrected chi connectivity index (χ4v) is 2.88. The van der Waals surface area contributed by atoms with Crippen molar-refractivity contribution in [2.75, 3.05) is 0 Å². The predicted octanol–water partition coefficient (Wildman–Crippen LogP) is 4.65. The van der Waals surface area contributed by atoms with Crippen LogP contribution in [-0.4, -0.2) is 15.9 Å². The number of aromatic nitrogens is 1. The van der Waals surface area contributed by atoms with Crippen LogP contribution in [0.5, 0.6) is 0 Å². The minimum absolute atomic E-state index is 0.194. The summed E-state index contributed by atoms with van der Waals surface area (Å²) in [5.41, 5.74) is 3.04. The molecule has 1 aromatic heterocycles. The highest BCUT2D eigenvalue weighted by atomic mass is 19.1. The SMILES string of the molecule is Fc1ccc(CN(Cc2coc(-c3ccccc3)n2)C2CC2)cc1. The van der Waals surface area contributed by atoms with E-state index in [1.807, 2.05) is 42.5 Å². The molecule has 1 heterocycles. The lowest BCUT2D eigenvalue weighted by Gasteiger charge is -2.20. The molecule has 0 amide bonds. The molecule has 0 aliphatic heterocycles. The molecule has 4 heteroatoms.